The second-order valence-electron chi connectivity index (χ2n) is 3.81. The number of benzene rings is 2. The number of carboxylic acids is 1. The number of carbonyl (C=O) groups is 1. The summed E-state index contributed by atoms with van der Waals surface area (Å²) in [5, 5.41) is 17.9. The maximum atomic E-state index is 14.0. The summed E-state index contributed by atoms with van der Waals surface area (Å²) >= 11 is 5.82. The fourth-order valence-corrected chi connectivity index (χ4v) is 1.94. The molecule has 0 aliphatic rings. The largest absolute Gasteiger partial charge is 0.478 e. The molecule has 0 aliphatic heterocycles. The standard InChI is InChI=1S/C14H7ClFNO2/c15-11-5-9(4-10(6-11)14(18)19)12-3-1-2-8(7-17)13(12)16/h1-6H,(H,18,19). The van der Waals surface area contributed by atoms with Crippen molar-refractivity contribution in [3.05, 3.63) is 58.4 Å². The molecule has 5 heteroatoms. The second-order valence-corrected chi connectivity index (χ2v) is 4.25. The van der Waals surface area contributed by atoms with Crippen molar-refractivity contribution in [3.8, 4) is 17.2 Å². The van der Waals surface area contributed by atoms with E-state index in [1.807, 2.05) is 0 Å². The molecule has 0 radical (unpaired) electrons. The van der Waals surface area contributed by atoms with Gasteiger partial charge in [-0.1, -0.05) is 23.7 Å². The van der Waals surface area contributed by atoms with Gasteiger partial charge in [0.1, 0.15) is 11.9 Å². The molecule has 0 atom stereocenters. The van der Waals surface area contributed by atoms with Crippen LogP contribution in [0.4, 0.5) is 4.39 Å². The molecular formula is C14H7ClFNO2. The van der Waals surface area contributed by atoms with Crippen molar-refractivity contribution < 1.29 is 14.3 Å². The first-order valence-corrected chi connectivity index (χ1v) is 5.63. The van der Waals surface area contributed by atoms with E-state index >= 15 is 0 Å². The summed E-state index contributed by atoms with van der Waals surface area (Å²) in [5.41, 5.74) is 0.321. The summed E-state index contributed by atoms with van der Waals surface area (Å²) < 4.78 is 14.0. The predicted octanol–water partition coefficient (Wildman–Crippen LogP) is 3.72. The molecule has 3 nitrogen and oxygen atoms in total. The van der Waals surface area contributed by atoms with Crippen molar-refractivity contribution in [2.24, 2.45) is 0 Å². The molecule has 0 aromatic heterocycles. The van der Waals surface area contributed by atoms with Gasteiger partial charge >= 0.3 is 5.97 Å². The van der Waals surface area contributed by atoms with Crippen LogP contribution >= 0.6 is 11.6 Å². The van der Waals surface area contributed by atoms with Gasteiger partial charge in [0.05, 0.1) is 11.1 Å². The Morgan fingerprint density at radius 2 is 2.05 bits per heavy atom. The summed E-state index contributed by atoms with van der Waals surface area (Å²) in [5.74, 6) is -1.84. The van der Waals surface area contributed by atoms with Crippen LogP contribution in [0.3, 0.4) is 0 Å². The molecule has 0 saturated carbocycles. The number of hydrogen-bond donors (Lipinski definition) is 1. The molecule has 0 saturated heterocycles. The van der Waals surface area contributed by atoms with Crippen LogP contribution in [-0.4, -0.2) is 11.1 Å². The van der Waals surface area contributed by atoms with Crippen LogP contribution in [-0.2, 0) is 0 Å². The zero-order valence-corrected chi connectivity index (χ0v) is 10.3. The van der Waals surface area contributed by atoms with Gasteiger partial charge < -0.3 is 5.11 Å². The van der Waals surface area contributed by atoms with E-state index in [0.717, 1.165) is 0 Å². The van der Waals surface area contributed by atoms with Crippen molar-refractivity contribution >= 4 is 17.6 Å². The van der Waals surface area contributed by atoms with Crippen LogP contribution in [0.25, 0.3) is 11.1 Å². The summed E-state index contributed by atoms with van der Waals surface area (Å²) in [6.45, 7) is 0. The first-order valence-electron chi connectivity index (χ1n) is 5.26. The number of aromatic carboxylic acids is 1. The molecule has 2 aromatic rings. The molecule has 0 heterocycles. The molecular weight excluding hydrogens is 269 g/mol. The van der Waals surface area contributed by atoms with Crippen LogP contribution in [0.15, 0.2) is 36.4 Å². The lowest BCUT2D eigenvalue weighted by atomic mass is 10.0. The molecule has 0 bridgehead atoms. The lowest BCUT2D eigenvalue weighted by Gasteiger charge is -2.06. The fourth-order valence-electron chi connectivity index (χ4n) is 1.71. The highest BCUT2D eigenvalue weighted by Gasteiger charge is 2.13. The Balaban J connectivity index is 2.66. The Morgan fingerprint density at radius 3 is 2.68 bits per heavy atom. The van der Waals surface area contributed by atoms with Gasteiger partial charge in [-0.2, -0.15) is 5.26 Å². The van der Waals surface area contributed by atoms with Crippen LogP contribution in [0, 0.1) is 17.1 Å². The Kier molecular flexibility index (Phi) is 3.50. The van der Waals surface area contributed by atoms with Crippen LogP contribution in [0.5, 0.6) is 0 Å². The summed E-state index contributed by atoms with van der Waals surface area (Å²) in [6, 6.07) is 10.1. The summed E-state index contributed by atoms with van der Waals surface area (Å²) in [7, 11) is 0. The molecule has 2 aromatic carbocycles. The van der Waals surface area contributed by atoms with Gasteiger partial charge in [0.2, 0.25) is 0 Å². The molecule has 0 unspecified atom stereocenters. The van der Waals surface area contributed by atoms with Crippen LogP contribution in [0.2, 0.25) is 5.02 Å². The lowest BCUT2D eigenvalue weighted by Crippen LogP contribution is -1.97. The van der Waals surface area contributed by atoms with E-state index in [9.17, 15) is 9.18 Å². The normalized spacial score (nSPS) is 9.95. The van der Waals surface area contributed by atoms with Crippen LogP contribution in [0.1, 0.15) is 15.9 Å². The zero-order chi connectivity index (χ0) is 14.0. The maximum Gasteiger partial charge on any atom is 0.335 e. The third kappa shape index (κ3) is 2.56. The van der Waals surface area contributed by atoms with Crippen molar-refractivity contribution in [1.82, 2.24) is 0 Å². The Labute approximate surface area is 113 Å². The van der Waals surface area contributed by atoms with Gasteiger partial charge in [-0.25, -0.2) is 9.18 Å². The third-order valence-electron chi connectivity index (χ3n) is 2.57. The van der Waals surface area contributed by atoms with E-state index in [-0.39, 0.29) is 21.7 Å². The smallest absolute Gasteiger partial charge is 0.335 e. The fraction of sp³-hybridized carbons (Fsp3) is 0. The average molecular weight is 276 g/mol. The summed E-state index contributed by atoms with van der Waals surface area (Å²) in [4.78, 5) is 10.9. The first kappa shape index (κ1) is 13.1. The highest BCUT2D eigenvalue weighted by molar-refractivity contribution is 6.31. The average Bonchev–Trinajstić information content (AvgIpc) is 2.38. The first-order chi connectivity index (χ1) is 9.02. The van der Waals surface area contributed by atoms with Gasteiger partial charge in [0, 0.05) is 10.6 Å². The molecule has 94 valence electrons. The molecule has 19 heavy (non-hydrogen) atoms. The molecule has 1 N–H and O–H groups in total. The van der Waals surface area contributed by atoms with Gasteiger partial charge in [0.25, 0.3) is 0 Å². The van der Waals surface area contributed by atoms with Gasteiger partial charge in [-0.05, 0) is 29.8 Å². The molecule has 2 rings (SSSR count). The van der Waals surface area contributed by atoms with E-state index in [0.29, 0.717) is 5.56 Å². The van der Waals surface area contributed by atoms with E-state index < -0.39 is 11.8 Å². The molecule has 0 aliphatic carbocycles. The minimum atomic E-state index is -1.15. The van der Waals surface area contributed by atoms with Gasteiger partial charge in [0.15, 0.2) is 0 Å². The highest BCUT2D eigenvalue weighted by atomic mass is 35.5. The molecule has 0 amide bonds. The SMILES string of the molecule is N#Cc1cccc(-c2cc(Cl)cc(C(=O)O)c2)c1F. The number of halogens is 2. The van der Waals surface area contributed by atoms with Crippen molar-refractivity contribution in [1.29, 1.82) is 5.26 Å². The molecule has 0 spiro atoms. The minimum absolute atomic E-state index is 0.0377. The van der Waals surface area contributed by atoms with Gasteiger partial charge in [-0.15, -0.1) is 0 Å². The number of nitrogens with zero attached hydrogens (tertiary/aromatic N) is 1. The number of carboxylic acid groups (broad SMARTS) is 1. The van der Waals surface area contributed by atoms with E-state index in [1.54, 1.807) is 6.07 Å². The number of hydrogen-bond acceptors (Lipinski definition) is 2. The van der Waals surface area contributed by atoms with E-state index in [1.165, 1.54) is 36.4 Å². The van der Waals surface area contributed by atoms with Gasteiger partial charge in [-0.3, -0.25) is 0 Å². The van der Waals surface area contributed by atoms with E-state index in [4.69, 9.17) is 22.0 Å². The number of nitriles is 1. The van der Waals surface area contributed by atoms with E-state index in [2.05, 4.69) is 0 Å². The maximum absolute atomic E-state index is 14.0. The second kappa shape index (κ2) is 5.09. The molecule has 0 fully saturated rings. The van der Waals surface area contributed by atoms with Crippen LogP contribution < -0.4 is 0 Å². The quantitative estimate of drug-likeness (QED) is 0.909. The third-order valence-corrected chi connectivity index (χ3v) is 2.79. The lowest BCUT2D eigenvalue weighted by molar-refractivity contribution is 0.0697. The monoisotopic (exact) mass is 275 g/mol. The summed E-state index contributed by atoms with van der Waals surface area (Å²) in [6.07, 6.45) is 0. The van der Waals surface area contributed by atoms with Crippen molar-refractivity contribution in [2.75, 3.05) is 0 Å². The Morgan fingerprint density at radius 1 is 1.32 bits per heavy atom. The van der Waals surface area contributed by atoms with Crippen molar-refractivity contribution in [3.63, 3.8) is 0 Å². The Hall–Kier alpha value is -2.38. The zero-order valence-electron chi connectivity index (χ0n) is 9.52. The topological polar surface area (TPSA) is 61.1 Å². The minimum Gasteiger partial charge on any atom is -0.478 e. The highest BCUT2D eigenvalue weighted by Crippen LogP contribution is 2.28. The van der Waals surface area contributed by atoms with Crippen molar-refractivity contribution in [2.45, 2.75) is 0 Å². The Bertz CT molecular complexity index is 707. The predicted molar refractivity (Wildman–Crippen MR) is 68.5 cm³/mol. The number of rotatable bonds is 2.